The van der Waals surface area contributed by atoms with E-state index in [2.05, 4.69) is 10.6 Å². The van der Waals surface area contributed by atoms with Crippen LogP contribution in [0.4, 0.5) is 10.5 Å². The third kappa shape index (κ3) is 3.79. The summed E-state index contributed by atoms with van der Waals surface area (Å²) in [5, 5.41) is 5.85. The standard InChI is InChI=1S/C21H23N3O3/c1-13-6-5-7-16(12-13)22-20(25)18-14(2)24(3)21(26)23-19(18)15-8-10-17(27-4)11-9-15/h5-12,19H,1-4H3,(H,22,25)(H,23,26). The van der Waals surface area contributed by atoms with Crippen LogP contribution in [0.15, 0.2) is 59.8 Å². The Morgan fingerprint density at radius 2 is 1.85 bits per heavy atom. The quantitative estimate of drug-likeness (QED) is 0.869. The summed E-state index contributed by atoms with van der Waals surface area (Å²) >= 11 is 0. The lowest BCUT2D eigenvalue weighted by Gasteiger charge is -2.33. The summed E-state index contributed by atoms with van der Waals surface area (Å²) in [5.74, 6) is 0.468. The van der Waals surface area contributed by atoms with Gasteiger partial charge < -0.3 is 20.3 Å². The maximum Gasteiger partial charge on any atom is 0.322 e. The van der Waals surface area contributed by atoms with Crippen molar-refractivity contribution in [2.24, 2.45) is 0 Å². The lowest BCUT2D eigenvalue weighted by atomic mass is 9.94. The smallest absolute Gasteiger partial charge is 0.322 e. The summed E-state index contributed by atoms with van der Waals surface area (Å²) in [4.78, 5) is 26.8. The number of hydrogen-bond acceptors (Lipinski definition) is 3. The molecule has 1 aliphatic heterocycles. The van der Waals surface area contributed by atoms with Crippen molar-refractivity contribution < 1.29 is 14.3 Å². The number of benzene rings is 2. The highest BCUT2D eigenvalue weighted by Gasteiger charge is 2.34. The van der Waals surface area contributed by atoms with Crippen LogP contribution in [0.1, 0.15) is 24.1 Å². The highest BCUT2D eigenvalue weighted by molar-refractivity contribution is 6.06. The van der Waals surface area contributed by atoms with Gasteiger partial charge >= 0.3 is 6.03 Å². The van der Waals surface area contributed by atoms with Gasteiger partial charge in [-0.3, -0.25) is 4.79 Å². The second kappa shape index (κ2) is 7.53. The molecule has 1 aliphatic rings. The van der Waals surface area contributed by atoms with Crippen LogP contribution in [0.2, 0.25) is 0 Å². The van der Waals surface area contributed by atoms with Gasteiger partial charge in [0.05, 0.1) is 18.7 Å². The Kier molecular flexibility index (Phi) is 5.16. The number of hydrogen-bond donors (Lipinski definition) is 2. The number of nitrogens with zero attached hydrogens (tertiary/aromatic N) is 1. The van der Waals surface area contributed by atoms with Crippen molar-refractivity contribution >= 4 is 17.6 Å². The average molecular weight is 365 g/mol. The number of methoxy groups -OCH3 is 1. The number of urea groups is 1. The molecule has 1 heterocycles. The fourth-order valence-electron chi connectivity index (χ4n) is 3.10. The summed E-state index contributed by atoms with van der Waals surface area (Å²) in [6, 6.07) is 14.1. The Labute approximate surface area is 158 Å². The summed E-state index contributed by atoms with van der Waals surface area (Å²) in [5.41, 5.74) is 3.70. The number of carbonyl (C=O) groups is 2. The van der Waals surface area contributed by atoms with Crippen LogP contribution in [-0.2, 0) is 4.79 Å². The molecule has 6 heteroatoms. The maximum atomic E-state index is 13.1. The molecule has 27 heavy (non-hydrogen) atoms. The molecule has 1 atom stereocenters. The van der Waals surface area contributed by atoms with Gasteiger partial charge in [0.2, 0.25) is 0 Å². The zero-order valence-electron chi connectivity index (χ0n) is 15.9. The molecule has 2 N–H and O–H groups in total. The van der Waals surface area contributed by atoms with E-state index < -0.39 is 6.04 Å². The Morgan fingerprint density at radius 3 is 2.48 bits per heavy atom. The number of rotatable bonds is 4. The van der Waals surface area contributed by atoms with E-state index in [9.17, 15) is 9.59 Å². The van der Waals surface area contributed by atoms with Gasteiger partial charge in [0.25, 0.3) is 5.91 Å². The molecule has 0 fully saturated rings. The summed E-state index contributed by atoms with van der Waals surface area (Å²) < 4.78 is 5.19. The predicted octanol–water partition coefficient (Wildman–Crippen LogP) is 3.61. The monoisotopic (exact) mass is 365 g/mol. The van der Waals surface area contributed by atoms with Gasteiger partial charge in [-0.05, 0) is 49.2 Å². The maximum absolute atomic E-state index is 13.1. The van der Waals surface area contributed by atoms with Crippen molar-refractivity contribution in [2.45, 2.75) is 19.9 Å². The molecular weight excluding hydrogens is 342 g/mol. The van der Waals surface area contributed by atoms with Crippen LogP contribution >= 0.6 is 0 Å². The molecule has 0 spiro atoms. The molecule has 0 aromatic heterocycles. The minimum atomic E-state index is -0.538. The van der Waals surface area contributed by atoms with E-state index in [4.69, 9.17) is 4.74 Å². The van der Waals surface area contributed by atoms with Crippen molar-refractivity contribution in [1.29, 1.82) is 0 Å². The minimum absolute atomic E-state index is 0.245. The fraction of sp³-hybridized carbons (Fsp3) is 0.238. The van der Waals surface area contributed by atoms with E-state index in [1.807, 2.05) is 55.5 Å². The first-order valence-corrected chi connectivity index (χ1v) is 8.67. The average Bonchev–Trinajstić information content (AvgIpc) is 2.65. The normalized spacial score (nSPS) is 16.8. The summed E-state index contributed by atoms with van der Waals surface area (Å²) in [6.45, 7) is 3.75. The van der Waals surface area contributed by atoms with Crippen LogP contribution in [0.5, 0.6) is 5.75 Å². The summed E-state index contributed by atoms with van der Waals surface area (Å²) in [7, 11) is 3.24. The molecule has 0 radical (unpaired) electrons. The van der Waals surface area contributed by atoms with Crippen molar-refractivity contribution in [3.05, 3.63) is 70.9 Å². The van der Waals surface area contributed by atoms with Gasteiger partial charge in [0.1, 0.15) is 5.75 Å². The van der Waals surface area contributed by atoms with Gasteiger partial charge in [-0.15, -0.1) is 0 Å². The number of allylic oxidation sites excluding steroid dienone is 1. The molecule has 1 unspecified atom stereocenters. The second-order valence-electron chi connectivity index (χ2n) is 6.54. The molecule has 0 bridgehead atoms. The molecule has 2 aromatic carbocycles. The number of carbonyl (C=O) groups excluding carboxylic acids is 2. The lowest BCUT2D eigenvalue weighted by molar-refractivity contribution is -0.113. The predicted molar refractivity (Wildman–Crippen MR) is 105 cm³/mol. The molecular formula is C21H23N3O3. The first-order valence-electron chi connectivity index (χ1n) is 8.67. The van der Waals surface area contributed by atoms with Gasteiger partial charge in [0.15, 0.2) is 0 Å². The van der Waals surface area contributed by atoms with Crippen molar-refractivity contribution in [2.75, 3.05) is 19.5 Å². The Morgan fingerprint density at radius 1 is 1.15 bits per heavy atom. The van der Waals surface area contributed by atoms with E-state index >= 15 is 0 Å². The van der Waals surface area contributed by atoms with Gasteiger partial charge in [-0.1, -0.05) is 24.3 Å². The molecule has 6 nitrogen and oxygen atoms in total. The van der Waals surface area contributed by atoms with Gasteiger partial charge in [-0.25, -0.2) is 4.79 Å². The topological polar surface area (TPSA) is 70.7 Å². The molecule has 0 saturated heterocycles. The summed E-state index contributed by atoms with van der Waals surface area (Å²) in [6.07, 6.45) is 0. The highest BCUT2D eigenvalue weighted by atomic mass is 16.5. The number of anilines is 1. The number of ether oxygens (including phenoxy) is 1. The molecule has 3 rings (SSSR count). The van der Waals surface area contributed by atoms with E-state index in [-0.39, 0.29) is 11.9 Å². The first-order chi connectivity index (χ1) is 12.9. The molecule has 0 saturated carbocycles. The lowest BCUT2D eigenvalue weighted by Crippen LogP contribution is -2.46. The van der Waals surface area contributed by atoms with Crippen LogP contribution in [0.3, 0.4) is 0 Å². The molecule has 0 aliphatic carbocycles. The number of amides is 3. The van der Waals surface area contributed by atoms with Crippen LogP contribution in [0.25, 0.3) is 0 Å². The van der Waals surface area contributed by atoms with Crippen molar-refractivity contribution in [3.8, 4) is 5.75 Å². The van der Waals surface area contributed by atoms with E-state index in [1.165, 1.54) is 4.90 Å². The third-order valence-corrected chi connectivity index (χ3v) is 4.72. The van der Waals surface area contributed by atoms with E-state index in [0.29, 0.717) is 22.7 Å². The van der Waals surface area contributed by atoms with Crippen LogP contribution in [0, 0.1) is 6.92 Å². The second-order valence-corrected chi connectivity index (χ2v) is 6.54. The van der Waals surface area contributed by atoms with Crippen molar-refractivity contribution in [1.82, 2.24) is 10.2 Å². The largest absolute Gasteiger partial charge is 0.497 e. The molecule has 3 amide bonds. The molecule has 2 aromatic rings. The van der Waals surface area contributed by atoms with Gasteiger partial charge in [0, 0.05) is 18.4 Å². The molecule has 140 valence electrons. The third-order valence-electron chi connectivity index (χ3n) is 4.72. The zero-order valence-corrected chi connectivity index (χ0v) is 15.9. The SMILES string of the molecule is COc1ccc(C2NC(=O)N(C)C(C)=C2C(=O)Nc2cccc(C)c2)cc1. The van der Waals surface area contributed by atoms with Gasteiger partial charge in [-0.2, -0.15) is 0 Å². The Bertz CT molecular complexity index is 903. The minimum Gasteiger partial charge on any atom is -0.497 e. The number of aryl methyl sites for hydroxylation is 1. The first kappa shape index (κ1) is 18.5. The highest BCUT2D eigenvalue weighted by Crippen LogP contribution is 2.31. The fourth-order valence-corrected chi connectivity index (χ4v) is 3.10. The Hall–Kier alpha value is -3.28. The zero-order chi connectivity index (χ0) is 19.6. The number of nitrogens with one attached hydrogen (secondary N) is 2. The van der Waals surface area contributed by atoms with Crippen molar-refractivity contribution in [3.63, 3.8) is 0 Å². The van der Waals surface area contributed by atoms with E-state index in [1.54, 1.807) is 21.1 Å². The van der Waals surface area contributed by atoms with E-state index in [0.717, 1.165) is 11.1 Å². The van der Waals surface area contributed by atoms with Crippen LogP contribution in [-0.4, -0.2) is 31.0 Å². The van der Waals surface area contributed by atoms with Crippen LogP contribution < -0.4 is 15.4 Å². The Balaban J connectivity index is 1.98.